The second kappa shape index (κ2) is 10.6. The van der Waals surface area contributed by atoms with E-state index in [1.807, 2.05) is 0 Å². The molecule has 20 heavy (non-hydrogen) atoms. The lowest BCUT2D eigenvalue weighted by atomic mass is 9.89. The molecular formula is C18H38N2. The molecule has 0 radical (unpaired) electrons. The van der Waals surface area contributed by atoms with Gasteiger partial charge in [0.1, 0.15) is 0 Å². The summed E-state index contributed by atoms with van der Waals surface area (Å²) in [7, 11) is 0. The maximum Gasteiger partial charge on any atom is -0.00160 e. The van der Waals surface area contributed by atoms with Gasteiger partial charge in [0, 0.05) is 0 Å². The van der Waals surface area contributed by atoms with Crippen LogP contribution in [0.1, 0.15) is 66.2 Å². The highest BCUT2D eigenvalue weighted by Crippen LogP contribution is 2.24. The molecule has 120 valence electrons. The van der Waals surface area contributed by atoms with E-state index in [1.165, 1.54) is 71.2 Å². The Balaban J connectivity index is 1.99. The van der Waals surface area contributed by atoms with Gasteiger partial charge in [0.15, 0.2) is 0 Å². The molecule has 2 nitrogen and oxygen atoms in total. The van der Waals surface area contributed by atoms with E-state index in [2.05, 4.69) is 37.9 Å². The maximum atomic E-state index is 3.54. The SMILES string of the molecule is CC(C)CNCCCCCN1CCCC(C(C)C)CC1. The second-order valence-corrected chi connectivity index (χ2v) is 7.44. The molecule has 2 heteroatoms. The first-order valence-electron chi connectivity index (χ1n) is 9.02. The molecule has 1 aliphatic heterocycles. The zero-order valence-electron chi connectivity index (χ0n) is 14.5. The van der Waals surface area contributed by atoms with Crippen molar-refractivity contribution in [2.24, 2.45) is 17.8 Å². The van der Waals surface area contributed by atoms with Crippen LogP contribution in [0.3, 0.4) is 0 Å². The smallest absolute Gasteiger partial charge is 0.00160 e. The summed E-state index contributed by atoms with van der Waals surface area (Å²) in [6.45, 7) is 15.7. The third kappa shape index (κ3) is 8.26. The van der Waals surface area contributed by atoms with Gasteiger partial charge in [-0.1, -0.05) is 34.1 Å². The summed E-state index contributed by atoms with van der Waals surface area (Å²) in [5.41, 5.74) is 0. The van der Waals surface area contributed by atoms with E-state index in [4.69, 9.17) is 0 Å². The summed E-state index contributed by atoms with van der Waals surface area (Å²) in [5, 5.41) is 3.54. The maximum absolute atomic E-state index is 3.54. The summed E-state index contributed by atoms with van der Waals surface area (Å²) in [4.78, 5) is 2.71. The molecule has 1 heterocycles. The first-order chi connectivity index (χ1) is 9.59. The fourth-order valence-electron chi connectivity index (χ4n) is 3.22. The van der Waals surface area contributed by atoms with Crippen LogP contribution in [-0.4, -0.2) is 37.6 Å². The standard InChI is InChI=1S/C18H38N2/c1-16(2)15-19-11-6-5-7-12-20-13-8-9-18(10-14-20)17(3)4/h16-19H,5-15H2,1-4H3. The normalized spacial score (nSPS) is 21.6. The fourth-order valence-corrected chi connectivity index (χ4v) is 3.22. The van der Waals surface area contributed by atoms with Crippen molar-refractivity contribution in [3.05, 3.63) is 0 Å². The highest BCUT2D eigenvalue weighted by atomic mass is 15.1. The van der Waals surface area contributed by atoms with Crippen LogP contribution in [0.5, 0.6) is 0 Å². The lowest BCUT2D eigenvalue weighted by Crippen LogP contribution is -2.26. The van der Waals surface area contributed by atoms with Crippen LogP contribution in [0.2, 0.25) is 0 Å². The van der Waals surface area contributed by atoms with Gasteiger partial charge in [0.2, 0.25) is 0 Å². The molecule has 1 aliphatic rings. The van der Waals surface area contributed by atoms with Crippen LogP contribution >= 0.6 is 0 Å². The highest BCUT2D eigenvalue weighted by Gasteiger charge is 2.18. The summed E-state index contributed by atoms with van der Waals surface area (Å²) < 4.78 is 0. The quantitative estimate of drug-likeness (QED) is 0.639. The minimum absolute atomic E-state index is 0.779. The van der Waals surface area contributed by atoms with Crippen LogP contribution in [0, 0.1) is 17.8 Å². The van der Waals surface area contributed by atoms with Gasteiger partial charge >= 0.3 is 0 Å². The Morgan fingerprint density at radius 3 is 2.50 bits per heavy atom. The molecule has 0 bridgehead atoms. The number of likely N-dealkylation sites (tertiary alicyclic amines) is 1. The Hall–Kier alpha value is -0.0800. The van der Waals surface area contributed by atoms with Gasteiger partial charge in [0.05, 0.1) is 0 Å². The van der Waals surface area contributed by atoms with Crippen molar-refractivity contribution in [2.75, 3.05) is 32.7 Å². The Bertz CT molecular complexity index is 225. The van der Waals surface area contributed by atoms with Crippen LogP contribution in [0.4, 0.5) is 0 Å². The zero-order valence-corrected chi connectivity index (χ0v) is 14.5. The Kier molecular flexibility index (Phi) is 9.54. The molecular weight excluding hydrogens is 244 g/mol. The molecule has 1 fully saturated rings. The lowest BCUT2D eigenvalue weighted by molar-refractivity contribution is 0.266. The number of rotatable bonds is 9. The third-order valence-corrected chi connectivity index (χ3v) is 4.69. The Morgan fingerprint density at radius 1 is 1.00 bits per heavy atom. The highest BCUT2D eigenvalue weighted by molar-refractivity contribution is 4.72. The van der Waals surface area contributed by atoms with Crippen LogP contribution in [-0.2, 0) is 0 Å². The van der Waals surface area contributed by atoms with E-state index in [9.17, 15) is 0 Å². The van der Waals surface area contributed by atoms with E-state index in [0.29, 0.717) is 0 Å². The van der Waals surface area contributed by atoms with Crippen molar-refractivity contribution in [1.82, 2.24) is 10.2 Å². The van der Waals surface area contributed by atoms with Crippen LogP contribution < -0.4 is 5.32 Å². The summed E-state index contributed by atoms with van der Waals surface area (Å²) in [6, 6.07) is 0. The van der Waals surface area contributed by atoms with Gasteiger partial charge in [-0.2, -0.15) is 0 Å². The minimum atomic E-state index is 0.779. The van der Waals surface area contributed by atoms with E-state index in [0.717, 1.165) is 17.8 Å². The molecule has 0 saturated carbocycles. The summed E-state index contributed by atoms with van der Waals surface area (Å²) in [6.07, 6.45) is 8.40. The van der Waals surface area contributed by atoms with E-state index in [1.54, 1.807) is 0 Å². The molecule has 0 spiro atoms. The Morgan fingerprint density at radius 2 is 1.80 bits per heavy atom. The first-order valence-corrected chi connectivity index (χ1v) is 9.02. The van der Waals surface area contributed by atoms with Crippen molar-refractivity contribution in [1.29, 1.82) is 0 Å². The predicted molar refractivity (Wildman–Crippen MR) is 90.2 cm³/mol. The van der Waals surface area contributed by atoms with Crippen LogP contribution in [0.25, 0.3) is 0 Å². The molecule has 1 rings (SSSR count). The number of hydrogen-bond donors (Lipinski definition) is 1. The average Bonchev–Trinajstić information content (AvgIpc) is 2.63. The predicted octanol–water partition coefficient (Wildman–Crippen LogP) is 4.16. The van der Waals surface area contributed by atoms with E-state index in [-0.39, 0.29) is 0 Å². The number of nitrogens with one attached hydrogen (secondary N) is 1. The van der Waals surface area contributed by atoms with Gasteiger partial charge in [-0.3, -0.25) is 0 Å². The minimum Gasteiger partial charge on any atom is -0.316 e. The molecule has 0 aromatic carbocycles. The molecule has 0 aromatic heterocycles. The van der Waals surface area contributed by atoms with E-state index >= 15 is 0 Å². The molecule has 0 amide bonds. The molecule has 1 atom stereocenters. The molecule has 0 aliphatic carbocycles. The zero-order chi connectivity index (χ0) is 14.8. The van der Waals surface area contributed by atoms with Gasteiger partial charge in [-0.05, 0) is 82.6 Å². The third-order valence-electron chi connectivity index (χ3n) is 4.69. The fraction of sp³-hybridized carbons (Fsp3) is 1.00. The molecule has 1 unspecified atom stereocenters. The molecule has 1 saturated heterocycles. The summed E-state index contributed by atoms with van der Waals surface area (Å²) in [5.74, 6) is 2.63. The van der Waals surface area contributed by atoms with Gasteiger partial charge in [-0.15, -0.1) is 0 Å². The first kappa shape index (κ1) is 18.0. The number of hydrogen-bond acceptors (Lipinski definition) is 2. The van der Waals surface area contributed by atoms with Gasteiger partial charge < -0.3 is 10.2 Å². The van der Waals surface area contributed by atoms with Crippen molar-refractivity contribution in [3.8, 4) is 0 Å². The van der Waals surface area contributed by atoms with Crippen LogP contribution in [0.15, 0.2) is 0 Å². The van der Waals surface area contributed by atoms with Crippen molar-refractivity contribution < 1.29 is 0 Å². The monoisotopic (exact) mass is 282 g/mol. The van der Waals surface area contributed by atoms with Gasteiger partial charge in [0.25, 0.3) is 0 Å². The number of unbranched alkanes of at least 4 members (excludes halogenated alkanes) is 2. The molecule has 0 aromatic rings. The van der Waals surface area contributed by atoms with Crippen molar-refractivity contribution in [2.45, 2.75) is 66.2 Å². The molecule has 1 N–H and O–H groups in total. The van der Waals surface area contributed by atoms with Crippen molar-refractivity contribution in [3.63, 3.8) is 0 Å². The largest absolute Gasteiger partial charge is 0.316 e. The van der Waals surface area contributed by atoms with Crippen molar-refractivity contribution >= 4 is 0 Å². The Labute approximate surface area is 127 Å². The van der Waals surface area contributed by atoms with E-state index < -0.39 is 0 Å². The second-order valence-electron chi connectivity index (χ2n) is 7.44. The number of nitrogens with zero attached hydrogens (tertiary/aromatic N) is 1. The lowest BCUT2D eigenvalue weighted by Gasteiger charge is -2.21. The average molecular weight is 283 g/mol. The topological polar surface area (TPSA) is 15.3 Å². The van der Waals surface area contributed by atoms with Gasteiger partial charge in [-0.25, -0.2) is 0 Å². The summed E-state index contributed by atoms with van der Waals surface area (Å²) >= 11 is 0.